The van der Waals surface area contributed by atoms with Gasteiger partial charge in [-0.3, -0.25) is 4.79 Å². The fraction of sp³-hybridized carbons (Fsp3) is 0.933. The number of ether oxygens (including phenoxy) is 1. The smallest absolute Gasteiger partial charge is 0.253 e. The first-order chi connectivity index (χ1) is 9.84. The van der Waals surface area contributed by atoms with Crippen LogP contribution in [0, 0.1) is 0 Å². The zero-order valence-electron chi connectivity index (χ0n) is 13.2. The number of likely N-dealkylation sites (tertiary alicyclic amines) is 2. The number of halogens is 2. The minimum Gasteiger partial charge on any atom is -0.366 e. The molecule has 3 aliphatic heterocycles. The van der Waals surface area contributed by atoms with Gasteiger partial charge >= 0.3 is 0 Å². The third-order valence-electron chi connectivity index (χ3n) is 4.89. The lowest BCUT2D eigenvalue weighted by Crippen LogP contribution is -2.53. The molecule has 0 aliphatic carbocycles. The number of hydrogen-bond acceptors (Lipinski definition) is 4. The highest BCUT2D eigenvalue weighted by Gasteiger charge is 2.31. The fourth-order valence-electron chi connectivity index (χ4n) is 3.66. The van der Waals surface area contributed by atoms with Crippen LogP contribution in [0.5, 0.6) is 0 Å². The van der Waals surface area contributed by atoms with E-state index in [0.29, 0.717) is 19.2 Å². The van der Waals surface area contributed by atoms with Crippen LogP contribution >= 0.6 is 24.8 Å². The predicted octanol–water partition coefficient (Wildman–Crippen LogP) is 1.30. The molecule has 0 aromatic rings. The van der Waals surface area contributed by atoms with Gasteiger partial charge in [0.25, 0.3) is 5.91 Å². The van der Waals surface area contributed by atoms with Crippen LogP contribution in [-0.2, 0) is 9.53 Å². The van der Waals surface area contributed by atoms with Crippen LogP contribution in [-0.4, -0.2) is 73.7 Å². The number of nitrogens with zero attached hydrogens (tertiary/aromatic N) is 2. The van der Waals surface area contributed by atoms with Gasteiger partial charge in [0, 0.05) is 32.2 Å². The van der Waals surface area contributed by atoms with E-state index in [-0.39, 0.29) is 36.8 Å². The normalized spacial score (nSPS) is 27.6. The summed E-state index contributed by atoms with van der Waals surface area (Å²) in [6.07, 6.45) is 6.09. The van der Waals surface area contributed by atoms with E-state index in [1.165, 1.54) is 32.4 Å². The Hall–Kier alpha value is -0.0700. The van der Waals surface area contributed by atoms with Crippen molar-refractivity contribution in [1.82, 2.24) is 15.1 Å². The molecule has 130 valence electrons. The van der Waals surface area contributed by atoms with Crippen LogP contribution in [0.25, 0.3) is 0 Å². The van der Waals surface area contributed by atoms with Crippen LogP contribution < -0.4 is 5.32 Å². The molecule has 22 heavy (non-hydrogen) atoms. The lowest BCUT2D eigenvalue weighted by molar-refractivity contribution is -0.146. The summed E-state index contributed by atoms with van der Waals surface area (Å²) in [5.74, 6) is 0.189. The number of carbonyl (C=O) groups is 1. The Bertz CT molecular complexity index is 327. The first-order valence-electron chi connectivity index (χ1n) is 8.20. The number of rotatable bonds is 2. The summed E-state index contributed by atoms with van der Waals surface area (Å²) in [7, 11) is 0. The Balaban J connectivity index is 0.00000121. The molecule has 0 saturated carbocycles. The quantitative estimate of drug-likeness (QED) is 0.812. The Morgan fingerprint density at radius 3 is 2.27 bits per heavy atom. The molecular formula is C15H29Cl2N3O2. The molecule has 1 N–H and O–H groups in total. The molecule has 0 radical (unpaired) electrons. The number of morpholine rings is 1. The van der Waals surface area contributed by atoms with Crippen molar-refractivity contribution in [3.8, 4) is 0 Å². The third-order valence-corrected chi connectivity index (χ3v) is 4.89. The first kappa shape index (κ1) is 20.0. The minimum absolute atomic E-state index is 0. The summed E-state index contributed by atoms with van der Waals surface area (Å²) in [6, 6.07) is 0.699. The van der Waals surface area contributed by atoms with E-state index in [1.54, 1.807) is 0 Å². The lowest BCUT2D eigenvalue weighted by atomic mass is 9.99. The number of amides is 1. The summed E-state index contributed by atoms with van der Waals surface area (Å²) in [5, 5.41) is 3.23. The van der Waals surface area contributed by atoms with Gasteiger partial charge in [-0.05, 0) is 38.8 Å². The number of piperidine rings is 2. The summed E-state index contributed by atoms with van der Waals surface area (Å²) >= 11 is 0. The topological polar surface area (TPSA) is 44.8 Å². The van der Waals surface area contributed by atoms with Gasteiger partial charge in [0.2, 0.25) is 0 Å². The van der Waals surface area contributed by atoms with E-state index in [0.717, 1.165) is 32.5 Å². The number of hydrogen-bond donors (Lipinski definition) is 1. The van der Waals surface area contributed by atoms with E-state index in [2.05, 4.69) is 10.2 Å². The van der Waals surface area contributed by atoms with Crippen molar-refractivity contribution < 1.29 is 9.53 Å². The number of carbonyl (C=O) groups excluding carboxylic acids is 1. The molecule has 3 heterocycles. The molecule has 3 fully saturated rings. The van der Waals surface area contributed by atoms with E-state index >= 15 is 0 Å². The van der Waals surface area contributed by atoms with Gasteiger partial charge in [-0.15, -0.1) is 24.8 Å². The molecule has 5 nitrogen and oxygen atoms in total. The van der Waals surface area contributed by atoms with Gasteiger partial charge in [0.15, 0.2) is 0 Å². The summed E-state index contributed by atoms with van der Waals surface area (Å²) < 4.78 is 5.57. The first-order valence-corrected chi connectivity index (χ1v) is 8.20. The summed E-state index contributed by atoms with van der Waals surface area (Å²) in [6.45, 7) is 6.51. The Morgan fingerprint density at radius 2 is 1.68 bits per heavy atom. The van der Waals surface area contributed by atoms with Gasteiger partial charge in [-0.25, -0.2) is 0 Å². The van der Waals surface area contributed by atoms with Gasteiger partial charge in [0.1, 0.15) is 6.10 Å². The van der Waals surface area contributed by atoms with Crippen LogP contribution in [0.4, 0.5) is 0 Å². The second-order valence-electron chi connectivity index (χ2n) is 6.22. The van der Waals surface area contributed by atoms with Gasteiger partial charge in [0.05, 0.1) is 6.61 Å². The summed E-state index contributed by atoms with van der Waals surface area (Å²) in [4.78, 5) is 17.0. The molecule has 1 amide bonds. The van der Waals surface area contributed by atoms with Crippen LogP contribution in [0.3, 0.4) is 0 Å². The van der Waals surface area contributed by atoms with E-state index < -0.39 is 0 Å². The zero-order valence-corrected chi connectivity index (χ0v) is 14.8. The van der Waals surface area contributed by atoms with Crippen LogP contribution in [0.1, 0.15) is 32.1 Å². The molecule has 0 aromatic carbocycles. The average molecular weight is 354 g/mol. The molecule has 1 unspecified atom stereocenters. The van der Waals surface area contributed by atoms with Crippen molar-refractivity contribution in [3.05, 3.63) is 0 Å². The molecule has 0 aromatic heterocycles. The molecule has 0 bridgehead atoms. The molecule has 3 saturated heterocycles. The standard InChI is InChI=1S/C15H27N3O2.2ClH/c19-15(14-12-16-6-11-20-14)18-9-4-13(5-10-18)17-7-2-1-3-8-17;;/h13-14,16H,1-12H2;2*1H. The Labute approximate surface area is 145 Å². The Kier molecular flexibility index (Phi) is 9.02. The maximum Gasteiger partial charge on any atom is 0.253 e. The predicted molar refractivity (Wildman–Crippen MR) is 92.1 cm³/mol. The molecule has 0 spiro atoms. The van der Waals surface area contributed by atoms with Crippen molar-refractivity contribution in [2.45, 2.75) is 44.2 Å². The van der Waals surface area contributed by atoms with Crippen molar-refractivity contribution in [3.63, 3.8) is 0 Å². The molecule has 3 aliphatic rings. The molecule has 1 atom stereocenters. The third kappa shape index (κ3) is 4.96. The number of nitrogens with one attached hydrogen (secondary N) is 1. The van der Waals surface area contributed by atoms with E-state index in [4.69, 9.17) is 4.74 Å². The fourth-order valence-corrected chi connectivity index (χ4v) is 3.66. The highest BCUT2D eigenvalue weighted by atomic mass is 35.5. The molecular weight excluding hydrogens is 325 g/mol. The van der Waals surface area contributed by atoms with Crippen molar-refractivity contribution in [2.24, 2.45) is 0 Å². The lowest BCUT2D eigenvalue weighted by Gasteiger charge is -2.41. The van der Waals surface area contributed by atoms with Gasteiger partial charge < -0.3 is 19.9 Å². The summed E-state index contributed by atoms with van der Waals surface area (Å²) in [5.41, 5.74) is 0. The molecule has 7 heteroatoms. The SMILES string of the molecule is Cl.Cl.O=C(C1CNCCO1)N1CCC(N2CCCCC2)CC1. The second kappa shape index (κ2) is 9.93. The van der Waals surface area contributed by atoms with E-state index in [9.17, 15) is 4.79 Å². The maximum atomic E-state index is 12.4. The van der Waals surface area contributed by atoms with Crippen molar-refractivity contribution >= 4 is 30.7 Å². The molecule has 3 rings (SSSR count). The van der Waals surface area contributed by atoms with Gasteiger partial charge in [-0.1, -0.05) is 6.42 Å². The van der Waals surface area contributed by atoms with Crippen molar-refractivity contribution in [1.29, 1.82) is 0 Å². The Morgan fingerprint density at radius 1 is 1.00 bits per heavy atom. The zero-order chi connectivity index (χ0) is 13.8. The monoisotopic (exact) mass is 353 g/mol. The van der Waals surface area contributed by atoms with Crippen molar-refractivity contribution in [2.75, 3.05) is 45.9 Å². The second-order valence-corrected chi connectivity index (χ2v) is 6.22. The average Bonchev–Trinajstić information content (AvgIpc) is 2.56. The maximum absolute atomic E-state index is 12.4. The van der Waals surface area contributed by atoms with Crippen LogP contribution in [0.2, 0.25) is 0 Å². The highest BCUT2D eigenvalue weighted by Crippen LogP contribution is 2.21. The minimum atomic E-state index is -0.254. The highest BCUT2D eigenvalue weighted by molar-refractivity contribution is 5.85. The van der Waals surface area contributed by atoms with E-state index in [1.807, 2.05) is 4.90 Å². The van der Waals surface area contributed by atoms with Gasteiger partial charge in [-0.2, -0.15) is 0 Å². The largest absolute Gasteiger partial charge is 0.366 e. The van der Waals surface area contributed by atoms with Crippen LogP contribution in [0.15, 0.2) is 0 Å².